The van der Waals surface area contributed by atoms with Gasteiger partial charge in [-0.05, 0) is 25.8 Å². The molecule has 0 amide bonds. The van der Waals surface area contributed by atoms with Gasteiger partial charge in [0.2, 0.25) is 10.0 Å². The van der Waals surface area contributed by atoms with Gasteiger partial charge in [-0.15, -0.1) is 11.3 Å². The fraction of sp³-hybridized carbons (Fsp3) is 0.667. The summed E-state index contributed by atoms with van der Waals surface area (Å²) in [6, 6.07) is 1.68. The number of hydrogen-bond donors (Lipinski definition) is 1. The van der Waals surface area contributed by atoms with Gasteiger partial charge in [0.1, 0.15) is 0 Å². The molecule has 1 fully saturated rings. The van der Waals surface area contributed by atoms with Crippen LogP contribution in [0.4, 0.5) is 0 Å². The van der Waals surface area contributed by atoms with E-state index in [2.05, 4.69) is 0 Å². The Morgan fingerprint density at radius 1 is 1.58 bits per heavy atom. The van der Waals surface area contributed by atoms with E-state index in [9.17, 15) is 8.42 Å². The standard InChI is InChI=1S/C12H20N2O3S2/c1-9-12(6-11(7-13)18-9)19(15,16)14(2)8-10-4-3-5-17-10/h6,10H,3-5,7-8,13H2,1-2H3. The van der Waals surface area contributed by atoms with Gasteiger partial charge in [-0.2, -0.15) is 4.31 Å². The Bertz CT molecular complexity index is 533. The molecule has 1 aromatic heterocycles. The third-order valence-corrected chi connectivity index (χ3v) is 6.45. The first-order valence-corrected chi connectivity index (χ1v) is 8.58. The summed E-state index contributed by atoms with van der Waals surface area (Å²) in [6.07, 6.45) is 1.96. The normalized spacial score (nSPS) is 20.3. The van der Waals surface area contributed by atoms with E-state index in [4.69, 9.17) is 10.5 Å². The molecule has 1 aliphatic rings. The van der Waals surface area contributed by atoms with Crippen molar-refractivity contribution in [2.45, 2.75) is 37.3 Å². The average molecular weight is 304 g/mol. The molecule has 0 saturated carbocycles. The van der Waals surface area contributed by atoms with E-state index in [0.29, 0.717) is 18.0 Å². The van der Waals surface area contributed by atoms with E-state index in [0.717, 1.165) is 29.2 Å². The highest BCUT2D eigenvalue weighted by Crippen LogP contribution is 2.28. The first-order chi connectivity index (χ1) is 8.95. The van der Waals surface area contributed by atoms with Crippen LogP contribution < -0.4 is 5.73 Å². The number of thiophene rings is 1. The lowest BCUT2D eigenvalue weighted by Crippen LogP contribution is -2.34. The molecule has 2 heterocycles. The van der Waals surface area contributed by atoms with Gasteiger partial charge >= 0.3 is 0 Å². The zero-order valence-electron chi connectivity index (χ0n) is 11.3. The predicted octanol–water partition coefficient (Wildman–Crippen LogP) is 1.31. The van der Waals surface area contributed by atoms with Crippen LogP contribution in [0.3, 0.4) is 0 Å². The zero-order chi connectivity index (χ0) is 14.0. The first kappa shape index (κ1) is 14.9. The minimum atomic E-state index is -3.44. The van der Waals surface area contributed by atoms with E-state index >= 15 is 0 Å². The van der Waals surface area contributed by atoms with Crippen molar-refractivity contribution in [3.05, 3.63) is 15.8 Å². The summed E-state index contributed by atoms with van der Waals surface area (Å²) in [5, 5.41) is 0. The number of hydrogen-bond acceptors (Lipinski definition) is 5. The third-order valence-electron chi connectivity index (χ3n) is 3.30. The van der Waals surface area contributed by atoms with Crippen LogP contribution in [-0.4, -0.2) is 39.0 Å². The Morgan fingerprint density at radius 3 is 2.84 bits per heavy atom. The number of sulfonamides is 1. The molecule has 1 saturated heterocycles. The van der Waals surface area contributed by atoms with Crippen LogP contribution in [0, 0.1) is 6.92 Å². The van der Waals surface area contributed by atoms with Crippen LogP contribution in [0.15, 0.2) is 11.0 Å². The molecular weight excluding hydrogens is 284 g/mol. The van der Waals surface area contributed by atoms with Crippen molar-refractivity contribution in [2.75, 3.05) is 20.2 Å². The summed E-state index contributed by atoms with van der Waals surface area (Å²) >= 11 is 1.44. The summed E-state index contributed by atoms with van der Waals surface area (Å²) in [4.78, 5) is 2.06. The molecule has 2 rings (SSSR count). The molecule has 1 aliphatic heterocycles. The smallest absolute Gasteiger partial charge is 0.244 e. The van der Waals surface area contributed by atoms with Crippen LogP contribution in [0.25, 0.3) is 0 Å². The maximum atomic E-state index is 12.5. The second kappa shape index (κ2) is 5.88. The molecule has 1 atom stereocenters. The van der Waals surface area contributed by atoms with Gasteiger partial charge in [0.25, 0.3) is 0 Å². The van der Waals surface area contributed by atoms with Gasteiger partial charge in [-0.25, -0.2) is 8.42 Å². The maximum Gasteiger partial charge on any atom is 0.244 e. The van der Waals surface area contributed by atoms with E-state index in [1.54, 1.807) is 13.1 Å². The predicted molar refractivity (Wildman–Crippen MR) is 75.7 cm³/mol. The molecule has 0 aliphatic carbocycles. The molecular formula is C12H20N2O3S2. The Balaban J connectivity index is 2.17. The SMILES string of the molecule is Cc1sc(CN)cc1S(=O)(=O)N(C)CC1CCCO1. The minimum absolute atomic E-state index is 0.0210. The summed E-state index contributed by atoms with van der Waals surface area (Å²) in [7, 11) is -1.83. The summed E-state index contributed by atoms with van der Waals surface area (Å²) in [5.74, 6) is 0. The van der Waals surface area contributed by atoms with Crippen LogP contribution in [0.1, 0.15) is 22.6 Å². The molecule has 0 radical (unpaired) electrons. The van der Waals surface area contributed by atoms with E-state index < -0.39 is 10.0 Å². The number of nitrogens with zero attached hydrogens (tertiary/aromatic N) is 1. The van der Waals surface area contributed by atoms with Crippen LogP contribution in [0.5, 0.6) is 0 Å². The van der Waals surface area contributed by atoms with Crippen molar-refractivity contribution >= 4 is 21.4 Å². The van der Waals surface area contributed by atoms with Crippen molar-refractivity contribution < 1.29 is 13.2 Å². The molecule has 0 spiro atoms. The van der Waals surface area contributed by atoms with Crippen LogP contribution >= 0.6 is 11.3 Å². The van der Waals surface area contributed by atoms with Gasteiger partial charge < -0.3 is 10.5 Å². The number of nitrogens with two attached hydrogens (primary N) is 1. The lowest BCUT2D eigenvalue weighted by Gasteiger charge is -2.20. The van der Waals surface area contributed by atoms with Crippen LogP contribution in [-0.2, 0) is 21.3 Å². The number of likely N-dealkylation sites (N-methyl/N-ethyl adjacent to an activating group) is 1. The Kier molecular flexibility index (Phi) is 4.62. The zero-order valence-corrected chi connectivity index (χ0v) is 12.9. The molecule has 0 aromatic carbocycles. The third kappa shape index (κ3) is 3.17. The van der Waals surface area contributed by atoms with Gasteiger partial charge in [0.15, 0.2) is 0 Å². The summed E-state index contributed by atoms with van der Waals surface area (Å²) in [6.45, 7) is 3.33. The largest absolute Gasteiger partial charge is 0.377 e. The van der Waals surface area contributed by atoms with Crippen molar-refractivity contribution in [1.82, 2.24) is 4.31 Å². The van der Waals surface area contributed by atoms with Crippen molar-refractivity contribution in [3.63, 3.8) is 0 Å². The lowest BCUT2D eigenvalue weighted by molar-refractivity contribution is 0.0979. The molecule has 1 unspecified atom stereocenters. The summed E-state index contributed by atoms with van der Waals surface area (Å²) in [5.41, 5.74) is 5.57. The van der Waals surface area contributed by atoms with E-state index in [1.807, 2.05) is 6.92 Å². The van der Waals surface area contributed by atoms with Gasteiger partial charge in [-0.1, -0.05) is 0 Å². The minimum Gasteiger partial charge on any atom is -0.377 e. The van der Waals surface area contributed by atoms with E-state index in [1.165, 1.54) is 15.6 Å². The fourth-order valence-electron chi connectivity index (χ4n) is 2.22. The first-order valence-electron chi connectivity index (χ1n) is 6.32. The van der Waals surface area contributed by atoms with Crippen molar-refractivity contribution in [2.24, 2.45) is 5.73 Å². The highest BCUT2D eigenvalue weighted by molar-refractivity contribution is 7.89. The van der Waals surface area contributed by atoms with Gasteiger partial charge in [0, 0.05) is 36.5 Å². The highest BCUT2D eigenvalue weighted by atomic mass is 32.2. The molecule has 108 valence electrons. The van der Waals surface area contributed by atoms with Crippen molar-refractivity contribution in [3.8, 4) is 0 Å². The van der Waals surface area contributed by atoms with Gasteiger partial charge in [-0.3, -0.25) is 0 Å². The quantitative estimate of drug-likeness (QED) is 0.890. The molecule has 2 N–H and O–H groups in total. The van der Waals surface area contributed by atoms with Crippen molar-refractivity contribution in [1.29, 1.82) is 0 Å². The Hall–Kier alpha value is -0.470. The average Bonchev–Trinajstić information content (AvgIpc) is 2.98. The molecule has 7 heteroatoms. The lowest BCUT2D eigenvalue weighted by atomic mass is 10.2. The molecule has 0 bridgehead atoms. The Morgan fingerprint density at radius 2 is 2.32 bits per heavy atom. The second-order valence-corrected chi connectivity index (χ2v) is 8.11. The number of ether oxygens (including phenoxy) is 1. The maximum absolute atomic E-state index is 12.5. The monoisotopic (exact) mass is 304 g/mol. The summed E-state index contributed by atoms with van der Waals surface area (Å²) < 4.78 is 31.9. The molecule has 19 heavy (non-hydrogen) atoms. The topological polar surface area (TPSA) is 72.6 Å². The number of aryl methyl sites for hydroxylation is 1. The Labute approximate surface area is 118 Å². The highest BCUT2D eigenvalue weighted by Gasteiger charge is 2.28. The van der Waals surface area contributed by atoms with E-state index in [-0.39, 0.29) is 6.10 Å². The fourth-order valence-corrected chi connectivity index (χ4v) is 4.90. The molecule has 1 aromatic rings. The van der Waals surface area contributed by atoms with Gasteiger partial charge in [0.05, 0.1) is 11.0 Å². The van der Waals surface area contributed by atoms with Crippen LogP contribution in [0.2, 0.25) is 0 Å². The number of rotatable bonds is 5. The second-order valence-electron chi connectivity index (χ2n) is 4.76. The molecule has 5 nitrogen and oxygen atoms in total.